The second-order valence-electron chi connectivity index (χ2n) is 4.65. The van der Waals surface area contributed by atoms with Crippen LogP contribution in [-0.2, 0) is 4.74 Å². The highest BCUT2D eigenvalue weighted by Gasteiger charge is 2.16. The number of nitrogens with zero attached hydrogens (tertiary/aromatic N) is 4. The topological polar surface area (TPSA) is 81.9 Å². The largest absolute Gasteiger partial charge is 0.376 e. The smallest absolute Gasteiger partial charge is 0.251 e. The van der Waals surface area contributed by atoms with Crippen molar-refractivity contribution in [3.05, 3.63) is 36.2 Å². The zero-order valence-electron chi connectivity index (χ0n) is 10.9. The molecule has 2 aromatic rings. The van der Waals surface area contributed by atoms with Crippen LogP contribution in [0.5, 0.6) is 0 Å². The monoisotopic (exact) mass is 273 g/mol. The Morgan fingerprint density at radius 3 is 2.90 bits per heavy atom. The normalized spacial score (nSPS) is 18.1. The van der Waals surface area contributed by atoms with Crippen LogP contribution in [0.25, 0.3) is 5.69 Å². The minimum absolute atomic E-state index is 0.0937. The fourth-order valence-corrected chi connectivity index (χ4v) is 2.16. The average molecular weight is 273 g/mol. The number of aromatic nitrogens is 4. The highest BCUT2D eigenvalue weighted by molar-refractivity contribution is 5.94. The third-order valence-corrected chi connectivity index (χ3v) is 3.26. The molecule has 0 radical (unpaired) electrons. The molecule has 1 atom stereocenters. The Labute approximate surface area is 115 Å². The molecule has 1 amide bonds. The molecule has 1 aliphatic rings. The minimum atomic E-state index is -0.0937. The number of tetrazole rings is 1. The van der Waals surface area contributed by atoms with E-state index in [9.17, 15) is 4.79 Å². The van der Waals surface area contributed by atoms with Crippen molar-refractivity contribution in [2.45, 2.75) is 18.9 Å². The summed E-state index contributed by atoms with van der Waals surface area (Å²) in [6, 6.07) is 7.11. The van der Waals surface area contributed by atoms with E-state index in [4.69, 9.17) is 4.74 Å². The fourth-order valence-electron chi connectivity index (χ4n) is 2.16. The summed E-state index contributed by atoms with van der Waals surface area (Å²) >= 11 is 0. The lowest BCUT2D eigenvalue weighted by molar-refractivity contribution is 0.0858. The summed E-state index contributed by atoms with van der Waals surface area (Å²) in [6.07, 6.45) is 3.74. The van der Waals surface area contributed by atoms with Crippen molar-refractivity contribution in [2.75, 3.05) is 13.2 Å². The molecular formula is C13H15N5O2. The molecule has 1 fully saturated rings. The van der Waals surface area contributed by atoms with E-state index in [-0.39, 0.29) is 12.0 Å². The van der Waals surface area contributed by atoms with Crippen molar-refractivity contribution < 1.29 is 9.53 Å². The molecule has 1 N–H and O–H groups in total. The van der Waals surface area contributed by atoms with Crippen molar-refractivity contribution in [3.8, 4) is 5.69 Å². The van der Waals surface area contributed by atoms with Crippen LogP contribution in [0.2, 0.25) is 0 Å². The maximum atomic E-state index is 12.0. The van der Waals surface area contributed by atoms with Crippen LogP contribution in [0.3, 0.4) is 0 Å². The molecule has 0 spiro atoms. The standard InChI is InChI=1S/C13H15N5O2/c19-13(14-8-12-2-1-7-20-12)10-3-5-11(6-4-10)18-9-15-16-17-18/h3-6,9,12H,1-2,7-8H2,(H,14,19)/t12-/m1/s1. The van der Waals surface area contributed by atoms with Gasteiger partial charge in [-0.2, -0.15) is 0 Å². The lowest BCUT2D eigenvalue weighted by atomic mass is 10.2. The SMILES string of the molecule is O=C(NC[C@H]1CCCO1)c1ccc(-n2cnnn2)cc1. The van der Waals surface area contributed by atoms with Gasteiger partial charge in [-0.05, 0) is 47.5 Å². The van der Waals surface area contributed by atoms with E-state index < -0.39 is 0 Å². The van der Waals surface area contributed by atoms with E-state index >= 15 is 0 Å². The Bertz CT molecular complexity index is 561. The van der Waals surface area contributed by atoms with Gasteiger partial charge in [-0.1, -0.05) is 0 Å². The predicted octanol–water partition coefficient (Wildman–Crippen LogP) is 0.571. The number of carbonyl (C=O) groups is 1. The second-order valence-corrected chi connectivity index (χ2v) is 4.65. The zero-order valence-corrected chi connectivity index (χ0v) is 10.9. The van der Waals surface area contributed by atoms with Crippen molar-refractivity contribution in [1.82, 2.24) is 25.5 Å². The molecule has 20 heavy (non-hydrogen) atoms. The third kappa shape index (κ3) is 2.83. The maximum Gasteiger partial charge on any atom is 0.251 e. The molecule has 0 aliphatic carbocycles. The van der Waals surface area contributed by atoms with E-state index in [0.29, 0.717) is 12.1 Å². The molecule has 1 aromatic carbocycles. The van der Waals surface area contributed by atoms with Crippen LogP contribution in [0, 0.1) is 0 Å². The predicted molar refractivity (Wildman–Crippen MR) is 70.5 cm³/mol. The first-order valence-electron chi connectivity index (χ1n) is 6.56. The first-order chi connectivity index (χ1) is 9.83. The Kier molecular flexibility index (Phi) is 3.69. The summed E-state index contributed by atoms with van der Waals surface area (Å²) in [7, 11) is 0. The number of rotatable bonds is 4. The van der Waals surface area contributed by atoms with Gasteiger partial charge < -0.3 is 10.1 Å². The van der Waals surface area contributed by atoms with Gasteiger partial charge in [-0.3, -0.25) is 4.79 Å². The number of carbonyl (C=O) groups excluding carboxylic acids is 1. The average Bonchev–Trinajstić information content (AvgIpc) is 3.18. The molecule has 0 saturated carbocycles. The van der Waals surface area contributed by atoms with Gasteiger partial charge in [0.1, 0.15) is 6.33 Å². The van der Waals surface area contributed by atoms with Gasteiger partial charge in [-0.15, -0.1) is 5.10 Å². The molecule has 1 saturated heterocycles. The number of ether oxygens (including phenoxy) is 1. The summed E-state index contributed by atoms with van der Waals surface area (Å²) in [5.41, 5.74) is 1.42. The van der Waals surface area contributed by atoms with Gasteiger partial charge in [-0.25, -0.2) is 4.68 Å². The summed E-state index contributed by atoms with van der Waals surface area (Å²) in [5, 5.41) is 13.8. The van der Waals surface area contributed by atoms with Gasteiger partial charge in [0, 0.05) is 18.7 Å². The third-order valence-electron chi connectivity index (χ3n) is 3.26. The van der Waals surface area contributed by atoms with Crippen LogP contribution in [0.1, 0.15) is 23.2 Å². The number of nitrogens with one attached hydrogen (secondary N) is 1. The van der Waals surface area contributed by atoms with Gasteiger partial charge >= 0.3 is 0 Å². The first kappa shape index (κ1) is 12.7. The van der Waals surface area contributed by atoms with Crippen molar-refractivity contribution in [1.29, 1.82) is 0 Å². The van der Waals surface area contributed by atoms with Gasteiger partial charge in [0.05, 0.1) is 11.8 Å². The summed E-state index contributed by atoms with van der Waals surface area (Å²) in [5.74, 6) is -0.0937. The number of hydrogen-bond acceptors (Lipinski definition) is 5. The van der Waals surface area contributed by atoms with Crippen molar-refractivity contribution >= 4 is 5.91 Å². The molecule has 7 nitrogen and oxygen atoms in total. The molecular weight excluding hydrogens is 258 g/mol. The highest BCUT2D eigenvalue weighted by atomic mass is 16.5. The molecule has 104 valence electrons. The molecule has 3 rings (SSSR count). The summed E-state index contributed by atoms with van der Waals surface area (Å²) in [6.45, 7) is 1.36. The van der Waals surface area contributed by atoms with Gasteiger partial charge in [0.2, 0.25) is 0 Å². The molecule has 1 aromatic heterocycles. The molecule has 0 bridgehead atoms. The molecule has 7 heteroatoms. The van der Waals surface area contributed by atoms with Crippen LogP contribution in [0.15, 0.2) is 30.6 Å². The van der Waals surface area contributed by atoms with Crippen LogP contribution >= 0.6 is 0 Å². The van der Waals surface area contributed by atoms with Crippen molar-refractivity contribution in [3.63, 3.8) is 0 Å². The summed E-state index contributed by atoms with van der Waals surface area (Å²) in [4.78, 5) is 12.0. The zero-order chi connectivity index (χ0) is 13.8. The van der Waals surface area contributed by atoms with Crippen LogP contribution in [-0.4, -0.2) is 45.4 Å². The first-order valence-corrected chi connectivity index (χ1v) is 6.56. The maximum absolute atomic E-state index is 12.0. The van der Waals surface area contributed by atoms with E-state index in [1.165, 1.54) is 11.0 Å². The lowest BCUT2D eigenvalue weighted by Gasteiger charge is -2.10. The number of hydrogen-bond donors (Lipinski definition) is 1. The van der Waals surface area contributed by atoms with Gasteiger partial charge in [0.25, 0.3) is 5.91 Å². The van der Waals surface area contributed by atoms with E-state index in [2.05, 4.69) is 20.8 Å². The molecule has 2 heterocycles. The second kappa shape index (κ2) is 5.79. The Morgan fingerprint density at radius 1 is 1.40 bits per heavy atom. The quantitative estimate of drug-likeness (QED) is 0.880. The lowest BCUT2D eigenvalue weighted by Crippen LogP contribution is -2.31. The Morgan fingerprint density at radius 2 is 2.25 bits per heavy atom. The molecule has 0 unspecified atom stereocenters. The number of amides is 1. The number of benzene rings is 1. The van der Waals surface area contributed by atoms with E-state index in [1.807, 2.05) is 0 Å². The highest BCUT2D eigenvalue weighted by Crippen LogP contribution is 2.11. The minimum Gasteiger partial charge on any atom is -0.376 e. The molecule has 1 aliphatic heterocycles. The Balaban J connectivity index is 1.60. The van der Waals surface area contributed by atoms with E-state index in [0.717, 1.165) is 25.1 Å². The summed E-state index contributed by atoms with van der Waals surface area (Å²) < 4.78 is 7.00. The van der Waals surface area contributed by atoms with Crippen LogP contribution < -0.4 is 5.32 Å². The van der Waals surface area contributed by atoms with Gasteiger partial charge in [0.15, 0.2) is 0 Å². The fraction of sp³-hybridized carbons (Fsp3) is 0.385. The van der Waals surface area contributed by atoms with Crippen LogP contribution in [0.4, 0.5) is 0 Å². The Hall–Kier alpha value is -2.28. The van der Waals surface area contributed by atoms with E-state index in [1.54, 1.807) is 24.3 Å². The van der Waals surface area contributed by atoms with Crippen molar-refractivity contribution in [2.24, 2.45) is 0 Å².